The molecule has 0 radical (unpaired) electrons. The van der Waals surface area contributed by atoms with Gasteiger partial charge in [-0.15, -0.1) is 0 Å². The Morgan fingerprint density at radius 1 is 1.07 bits per heavy atom. The van der Waals surface area contributed by atoms with Gasteiger partial charge < -0.3 is 15.0 Å². The van der Waals surface area contributed by atoms with Crippen LogP contribution in [0.15, 0.2) is 54.6 Å². The second-order valence-electron chi connectivity index (χ2n) is 8.02. The zero-order valence-electron chi connectivity index (χ0n) is 18.0. The van der Waals surface area contributed by atoms with Crippen LogP contribution in [0.2, 0.25) is 0 Å². The molecule has 2 amide bonds. The van der Waals surface area contributed by atoms with Crippen molar-refractivity contribution in [2.45, 2.75) is 52.2 Å². The highest BCUT2D eigenvalue weighted by Crippen LogP contribution is 2.24. The number of nitrogens with zero attached hydrogens (tertiary/aromatic N) is 1. The number of likely N-dealkylation sites (tertiary alicyclic amines) is 1. The Morgan fingerprint density at radius 3 is 2.50 bits per heavy atom. The molecular weight excluding hydrogens is 376 g/mol. The number of rotatable bonds is 8. The van der Waals surface area contributed by atoms with E-state index in [2.05, 4.69) is 19.2 Å². The van der Waals surface area contributed by atoms with Gasteiger partial charge in [-0.3, -0.25) is 9.59 Å². The molecule has 3 rings (SSSR count). The Balaban J connectivity index is 1.58. The van der Waals surface area contributed by atoms with Crippen molar-refractivity contribution in [3.63, 3.8) is 0 Å². The molecule has 1 aliphatic rings. The summed E-state index contributed by atoms with van der Waals surface area (Å²) in [5.41, 5.74) is 1.66. The maximum Gasteiger partial charge on any atom is 0.254 e. The number of hydrogen-bond acceptors (Lipinski definition) is 3. The molecule has 0 bridgehead atoms. The molecule has 5 heteroatoms. The Kier molecular flexibility index (Phi) is 7.89. The number of nitrogens with one attached hydrogen (secondary N) is 1. The number of benzene rings is 2. The van der Waals surface area contributed by atoms with Gasteiger partial charge in [0.2, 0.25) is 5.91 Å². The van der Waals surface area contributed by atoms with Gasteiger partial charge in [0.15, 0.2) is 0 Å². The summed E-state index contributed by atoms with van der Waals surface area (Å²) in [6.45, 7) is 5.82. The SMILES string of the molecule is CCCCNC(=O)C1CCC(C)N(C(=O)c2ccc(COc3ccccc3)cc2)C1. The maximum absolute atomic E-state index is 13.1. The van der Waals surface area contributed by atoms with Crippen LogP contribution in [-0.4, -0.2) is 35.8 Å². The topological polar surface area (TPSA) is 58.6 Å². The van der Waals surface area contributed by atoms with E-state index in [9.17, 15) is 9.59 Å². The van der Waals surface area contributed by atoms with Crippen molar-refractivity contribution in [1.29, 1.82) is 0 Å². The van der Waals surface area contributed by atoms with Crippen molar-refractivity contribution in [2.75, 3.05) is 13.1 Å². The number of amides is 2. The highest BCUT2D eigenvalue weighted by molar-refractivity contribution is 5.95. The molecule has 0 aromatic heterocycles. The fourth-order valence-electron chi connectivity index (χ4n) is 3.73. The lowest BCUT2D eigenvalue weighted by atomic mass is 9.92. The van der Waals surface area contributed by atoms with Crippen LogP contribution in [0.4, 0.5) is 0 Å². The number of unbranched alkanes of at least 4 members (excludes halogenated alkanes) is 1. The van der Waals surface area contributed by atoms with Crippen LogP contribution < -0.4 is 10.1 Å². The molecule has 2 unspecified atom stereocenters. The van der Waals surface area contributed by atoms with E-state index >= 15 is 0 Å². The van der Waals surface area contributed by atoms with E-state index in [1.807, 2.05) is 59.5 Å². The van der Waals surface area contributed by atoms with Crippen molar-refractivity contribution in [3.8, 4) is 5.75 Å². The maximum atomic E-state index is 13.1. The molecule has 2 aromatic carbocycles. The molecule has 1 fully saturated rings. The van der Waals surface area contributed by atoms with Crippen molar-refractivity contribution in [3.05, 3.63) is 65.7 Å². The van der Waals surface area contributed by atoms with Crippen molar-refractivity contribution in [1.82, 2.24) is 10.2 Å². The lowest BCUT2D eigenvalue weighted by molar-refractivity contribution is -0.126. The average molecular weight is 409 g/mol. The monoisotopic (exact) mass is 408 g/mol. The first-order valence-electron chi connectivity index (χ1n) is 10.9. The summed E-state index contributed by atoms with van der Waals surface area (Å²) in [5, 5.41) is 3.01. The zero-order chi connectivity index (χ0) is 21.3. The molecule has 0 spiro atoms. The van der Waals surface area contributed by atoms with E-state index < -0.39 is 0 Å². The third-order valence-corrected chi connectivity index (χ3v) is 5.69. The van der Waals surface area contributed by atoms with E-state index in [4.69, 9.17) is 4.74 Å². The Labute approximate surface area is 179 Å². The zero-order valence-corrected chi connectivity index (χ0v) is 18.0. The smallest absolute Gasteiger partial charge is 0.254 e. The van der Waals surface area contributed by atoms with Gasteiger partial charge in [-0.25, -0.2) is 0 Å². The van der Waals surface area contributed by atoms with E-state index in [-0.39, 0.29) is 23.8 Å². The molecule has 5 nitrogen and oxygen atoms in total. The first-order chi connectivity index (χ1) is 14.6. The highest BCUT2D eigenvalue weighted by atomic mass is 16.5. The fourth-order valence-corrected chi connectivity index (χ4v) is 3.73. The van der Waals surface area contributed by atoms with E-state index in [0.29, 0.717) is 25.3 Å². The lowest BCUT2D eigenvalue weighted by Gasteiger charge is -2.37. The van der Waals surface area contributed by atoms with Crippen LogP contribution in [0.25, 0.3) is 0 Å². The molecule has 1 saturated heterocycles. The summed E-state index contributed by atoms with van der Waals surface area (Å²) in [4.78, 5) is 27.4. The quantitative estimate of drug-likeness (QED) is 0.658. The number of hydrogen-bond donors (Lipinski definition) is 1. The largest absolute Gasteiger partial charge is 0.489 e. The third-order valence-electron chi connectivity index (χ3n) is 5.69. The molecule has 160 valence electrons. The Hall–Kier alpha value is -2.82. The first-order valence-corrected chi connectivity index (χ1v) is 10.9. The normalized spacial score (nSPS) is 18.7. The summed E-state index contributed by atoms with van der Waals surface area (Å²) in [7, 11) is 0. The molecule has 1 N–H and O–H groups in total. The predicted octanol–water partition coefficient (Wildman–Crippen LogP) is 4.42. The molecule has 30 heavy (non-hydrogen) atoms. The third kappa shape index (κ3) is 5.85. The molecule has 0 saturated carbocycles. The van der Waals surface area contributed by atoms with Crippen molar-refractivity contribution >= 4 is 11.8 Å². The standard InChI is InChI=1S/C25H32N2O3/c1-3-4-16-26-24(28)22-13-10-19(2)27(17-22)25(29)21-14-11-20(12-15-21)18-30-23-8-6-5-7-9-23/h5-9,11-12,14-15,19,22H,3-4,10,13,16-18H2,1-2H3,(H,26,28). The molecule has 1 aliphatic heterocycles. The van der Waals surface area contributed by atoms with Crippen molar-refractivity contribution in [2.24, 2.45) is 5.92 Å². The Morgan fingerprint density at radius 2 is 1.80 bits per heavy atom. The molecular formula is C25H32N2O3. The lowest BCUT2D eigenvalue weighted by Crippen LogP contribution is -2.49. The van der Waals surface area contributed by atoms with Gasteiger partial charge in [-0.05, 0) is 56.0 Å². The number of piperidine rings is 1. The average Bonchev–Trinajstić information content (AvgIpc) is 2.78. The second-order valence-corrected chi connectivity index (χ2v) is 8.02. The number of carbonyl (C=O) groups is 2. The van der Waals surface area contributed by atoms with Crippen LogP contribution in [0.5, 0.6) is 5.75 Å². The van der Waals surface area contributed by atoms with Crippen molar-refractivity contribution < 1.29 is 14.3 Å². The fraction of sp³-hybridized carbons (Fsp3) is 0.440. The van der Waals surface area contributed by atoms with Crippen LogP contribution in [0.3, 0.4) is 0 Å². The molecule has 2 atom stereocenters. The minimum Gasteiger partial charge on any atom is -0.489 e. The van der Waals surface area contributed by atoms with Crippen LogP contribution in [-0.2, 0) is 11.4 Å². The minimum atomic E-state index is -0.124. The van der Waals surface area contributed by atoms with Gasteiger partial charge in [0.1, 0.15) is 12.4 Å². The number of para-hydroxylation sites is 1. The summed E-state index contributed by atoms with van der Waals surface area (Å²) in [6.07, 6.45) is 3.72. The van der Waals surface area contributed by atoms with Gasteiger partial charge in [-0.1, -0.05) is 43.7 Å². The minimum absolute atomic E-state index is 0.0101. The second kappa shape index (κ2) is 10.8. The molecule has 0 aliphatic carbocycles. The van der Waals surface area contributed by atoms with Gasteiger partial charge in [0.05, 0.1) is 5.92 Å². The van der Waals surface area contributed by atoms with Gasteiger partial charge in [-0.2, -0.15) is 0 Å². The molecule has 1 heterocycles. The van der Waals surface area contributed by atoms with Crippen LogP contribution in [0.1, 0.15) is 55.5 Å². The van der Waals surface area contributed by atoms with E-state index in [0.717, 1.165) is 37.0 Å². The summed E-state index contributed by atoms with van der Waals surface area (Å²) in [5.74, 6) is 0.759. The van der Waals surface area contributed by atoms with Gasteiger partial charge >= 0.3 is 0 Å². The Bertz CT molecular complexity index is 820. The van der Waals surface area contributed by atoms with Gasteiger partial charge in [0, 0.05) is 24.7 Å². The summed E-state index contributed by atoms with van der Waals surface area (Å²) < 4.78 is 5.77. The predicted molar refractivity (Wildman–Crippen MR) is 118 cm³/mol. The van der Waals surface area contributed by atoms with Gasteiger partial charge in [0.25, 0.3) is 5.91 Å². The van der Waals surface area contributed by atoms with Crippen LogP contribution >= 0.6 is 0 Å². The number of ether oxygens (including phenoxy) is 1. The van der Waals surface area contributed by atoms with E-state index in [1.54, 1.807) is 0 Å². The van der Waals surface area contributed by atoms with E-state index in [1.165, 1.54) is 0 Å². The molecule has 2 aromatic rings. The summed E-state index contributed by atoms with van der Waals surface area (Å²) in [6, 6.07) is 17.4. The number of carbonyl (C=O) groups excluding carboxylic acids is 2. The highest BCUT2D eigenvalue weighted by Gasteiger charge is 2.32. The van der Waals surface area contributed by atoms with Crippen LogP contribution in [0, 0.1) is 5.92 Å². The summed E-state index contributed by atoms with van der Waals surface area (Å²) >= 11 is 0. The first kappa shape index (κ1) is 21.9.